The zero-order valence-electron chi connectivity index (χ0n) is 10.0. The van der Waals surface area contributed by atoms with Crippen molar-refractivity contribution in [3.63, 3.8) is 0 Å². The standard InChI is InChI=1S/C12H22N2O2/c1-9(13)12(15)14(8-10-2-3-10)11-4-6-16-7-5-11/h9-11H,2-8,13H2,1H3/t9-/m1/s1. The molecule has 1 aliphatic carbocycles. The molecular weight excluding hydrogens is 204 g/mol. The van der Waals surface area contributed by atoms with Crippen LogP contribution in [0.2, 0.25) is 0 Å². The summed E-state index contributed by atoms with van der Waals surface area (Å²) in [4.78, 5) is 14.1. The second-order valence-corrected chi connectivity index (χ2v) is 5.07. The van der Waals surface area contributed by atoms with Crippen LogP contribution in [0.4, 0.5) is 0 Å². The first-order valence-corrected chi connectivity index (χ1v) is 6.32. The van der Waals surface area contributed by atoms with E-state index in [1.807, 2.05) is 4.90 Å². The van der Waals surface area contributed by atoms with Crippen LogP contribution in [0.5, 0.6) is 0 Å². The summed E-state index contributed by atoms with van der Waals surface area (Å²) in [5.41, 5.74) is 5.72. The number of nitrogens with two attached hydrogens (primary N) is 1. The Hall–Kier alpha value is -0.610. The highest BCUT2D eigenvalue weighted by atomic mass is 16.5. The fourth-order valence-electron chi connectivity index (χ4n) is 2.26. The third kappa shape index (κ3) is 2.95. The van der Waals surface area contributed by atoms with E-state index in [4.69, 9.17) is 10.5 Å². The first-order chi connectivity index (χ1) is 7.68. The van der Waals surface area contributed by atoms with Crippen molar-refractivity contribution in [2.24, 2.45) is 11.7 Å². The Kier molecular flexibility index (Phi) is 3.82. The number of ether oxygens (including phenoxy) is 1. The van der Waals surface area contributed by atoms with Crippen LogP contribution in [0.15, 0.2) is 0 Å². The first kappa shape index (κ1) is 11.9. The van der Waals surface area contributed by atoms with Gasteiger partial charge in [0.05, 0.1) is 6.04 Å². The molecule has 4 heteroatoms. The van der Waals surface area contributed by atoms with E-state index in [1.165, 1.54) is 12.8 Å². The van der Waals surface area contributed by atoms with Crippen LogP contribution in [-0.4, -0.2) is 42.6 Å². The minimum atomic E-state index is -0.374. The van der Waals surface area contributed by atoms with Crippen molar-refractivity contribution in [1.82, 2.24) is 4.90 Å². The minimum Gasteiger partial charge on any atom is -0.381 e. The summed E-state index contributed by atoms with van der Waals surface area (Å²) in [5, 5.41) is 0. The highest BCUT2D eigenvalue weighted by Gasteiger charge is 2.32. The van der Waals surface area contributed by atoms with Gasteiger partial charge in [0.1, 0.15) is 0 Å². The maximum atomic E-state index is 12.1. The molecule has 0 aromatic rings. The van der Waals surface area contributed by atoms with Gasteiger partial charge in [-0.25, -0.2) is 0 Å². The Morgan fingerprint density at radius 3 is 2.50 bits per heavy atom. The van der Waals surface area contributed by atoms with Crippen molar-refractivity contribution >= 4 is 5.91 Å². The minimum absolute atomic E-state index is 0.110. The first-order valence-electron chi connectivity index (χ1n) is 6.32. The van der Waals surface area contributed by atoms with Gasteiger partial charge < -0.3 is 15.4 Å². The highest BCUT2D eigenvalue weighted by Crippen LogP contribution is 2.31. The number of amides is 1. The monoisotopic (exact) mass is 226 g/mol. The molecule has 2 rings (SSSR count). The van der Waals surface area contributed by atoms with Crippen LogP contribution >= 0.6 is 0 Å². The second-order valence-electron chi connectivity index (χ2n) is 5.07. The molecule has 1 saturated carbocycles. The van der Waals surface area contributed by atoms with Crippen molar-refractivity contribution in [3.05, 3.63) is 0 Å². The maximum absolute atomic E-state index is 12.1. The normalized spacial score (nSPS) is 24.1. The lowest BCUT2D eigenvalue weighted by Crippen LogP contribution is -2.50. The van der Waals surface area contributed by atoms with Crippen molar-refractivity contribution in [1.29, 1.82) is 0 Å². The lowest BCUT2D eigenvalue weighted by atomic mass is 10.1. The topological polar surface area (TPSA) is 55.6 Å². The van der Waals surface area contributed by atoms with Crippen LogP contribution in [0.25, 0.3) is 0 Å². The molecular formula is C12H22N2O2. The van der Waals surface area contributed by atoms with Crippen molar-refractivity contribution < 1.29 is 9.53 Å². The molecule has 1 atom stereocenters. The average molecular weight is 226 g/mol. The molecule has 0 spiro atoms. The molecule has 4 nitrogen and oxygen atoms in total. The van der Waals surface area contributed by atoms with E-state index in [1.54, 1.807) is 6.92 Å². The Bertz CT molecular complexity index is 245. The summed E-state index contributed by atoms with van der Waals surface area (Å²) in [7, 11) is 0. The van der Waals surface area contributed by atoms with Gasteiger partial charge in [0.25, 0.3) is 0 Å². The molecule has 0 radical (unpaired) electrons. The van der Waals surface area contributed by atoms with E-state index >= 15 is 0 Å². The maximum Gasteiger partial charge on any atom is 0.239 e. The summed E-state index contributed by atoms with van der Waals surface area (Å²) >= 11 is 0. The van der Waals surface area contributed by atoms with E-state index < -0.39 is 0 Å². The lowest BCUT2D eigenvalue weighted by molar-refractivity contribution is -0.136. The van der Waals surface area contributed by atoms with Crippen LogP contribution in [0.1, 0.15) is 32.6 Å². The van der Waals surface area contributed by atoms with Crippen molar-refractivity contribution in [3.8, 4) is 0 Å². The molecule has 2 N–H and O–H groups in total. The molecule has 92 valence electrons. The van der Waals surface area contributed by atoms with Crippen LogP contribution in [0, 0.1) is 5.92 Å². The molecule has 1 aliphatic heterocycles. The van der Waals surface area contributed by atoms with Gasteiger partial charge in [-0.05, 0) is 38.5 Å². The number of carbonyl (C=O) groups excluding carboxylic acids is 1. The van der Waals surface area contributed by atoms with Gasteiger partial charge in [-0.15, -0.1) is 0 Å². The quantitative estimate of drug-likeness (QED) is 0.769. The number of nitrogens with zero attached hydrogens (tertiary/aromatic N) is 1. The van der Waals surface area contributed by atoms with Crippen molar-refractivity contribution in [2.45, 2.75) is 44.7 Å². The molecule has 0 unspecified atom stereocenters. The second kappa shape index (κ2) is 5.15. The molecule has 1 amide bonds. The predicted octanol–water partition coefficient (Wildman–Crippen LogP) is 0.751. The Morgan fingerprint density at radius 2 is 2.00 bits per heavy atom. The van der Waals surface area contributed by atoms with Gasteiger partial charge in [-0.2, -0.15) is 0 Å². The number of hydrogen-bond donors (Lipinski definition) is 1. The van der Waals surface area contributed by atoms with E-state index in [2.05, 4.69) is 0 Å². The molecule has 2 fully saturated rings. The van der Waals surface area contributed by atoms with Gasteiger partial charge in [-0.1, -0.05) is 0 Å². The smallest absolute Gasteiger partial charge is 0.239 e. The van der Waals surface area contributed by atoms with Crippen molar-refractivity contribution in [2.75, 3.05) is 19.8 Å². The van der Waals surface area contributed by atoms with Gasteiger partial charge in [0.2, 0.25) is 5.91 Å². The summed E-state index contributed by atoms with van der Waals surface area (Å²) in [6, 6.07) is -0.0190. The molecule has 2 aliphatic rings. The van der Waals surface area contributed by atoms with Crippen LogP contribution < -0.4 is 5.73 Å². The summed E-state index contributed by atoms with van der Waals surface area (Å²) in [6.45, 7) is 4.24. The van der Waals surface area contributed by atoms with Gasteiger partial charge in [0.15, 0.2) is 0 Å². The Labute approximate surface area is 97.1 Å². The molecule has 0 bridgehead atoms. The molecule has 1 saturated heterocycles. The van der Waals surface area contributed by atoms with E-state index in [0.29, 0.717) is 6.04 Å². The van der Waals surface area contributed by atoms with Gasteiger partial charge in [-0.3, -0.25) is 4.79 Å². The predicted molar refractivity (Wildman–Crippen MR) is 61.9 cm³/mol. The molecule has 0 aromatic carbocycles. The Morgan fingerprint density at radius 1 is 1.38 bits per heavy atom. The average Bonchev–Trinajstić information content (AvgIpc) is 3.10. The van der Waals surface area contributed by atoms with Gasteiger partial charge in [0, 0.05) is 25.8 Å². The molecule has 1 heterocycles. The molecule has 0 aromatic heterocycles. The van der Waals surface area contributed by atoms with E-state index in [9.17, 15) is 4.79 Å². The Balaban J connectivity index is 1.96. The fourth-order valence-corrected chi connectivity index (χ4v) is 2.26. The zero-order valence-corrected chi connectivity index (χ0v) is 10.0. The number of hydrogen-bond acceptors (Lipinski definition) is 3. The van der Waals surface area contributed by atoms with E-state index in [-0.39, 0.29) is 11.9 Å². The summed E-state index contributed by atoms with van der Waals surface area (Å²) < 4.78 is 5.34. The fraction of sp³-hybridized carbons (Fsp3) is 0.917. The number of rotatable bonds is 4. The highest BCUT2D eigenvalue weighted by molar-refractivity contribution is 5.81. The third-order valence-electron chi connectivity index (χ3n) is 3.46. The summed E-state index contributed by atoms with van der Waals surface area (Å²) in [6.07, 6.45) is 4.47. The third-order valence-corrected chi connectivity index (χ3v) is 3.46. The SMILES string of the molecule is C[C@@H](N)C(=O)N(CC1CC1)C1CCOCC1. The zero-order chi connectivity index (χ0) is 11.5. The lowest BCUT2D eigenvalue weighted by Gasteiger charge is -2.35. The van der Waals surface area contributed by atoms with Gasteiger partial charge >= 0.3 is 0 Å². The largest absolute Gasteiger partial charge is 0.381 e. The van der Waals surface area contributed by atoms with Crippen LogP contribution in [0.3, 0.4) is 0 Å². The van der Waals surface area contributed by atoms with Crippen LogP contribution in [-0.2, 0) is 9.53 Å². The molecule has 16 heavy (non-hydrogen) atoms. The summed E-state index contributed by atoms with van der Waals surface area (Å²) in [5.74, 6) is 0.837. The number of carbonyl (C=O) groups is 1. The van der Waals surface area contributed by atoms with E-state index in [0.717, 1.165) is 38.5 Å².